The number of hydrogen-bond acceptors (Lipinski definition) is 2. The van der Waals surface area contributed by atoms with Crippen molar-refractivity contribution in [3.05, 3.63) is 70.4 Å². The summed E-state index contributed by atoms with van der Waals surface area (Å²) >= 11 is 9.26. The fraction of sp³-hybridized carbons (Fsp3) is 0. The highest BCUT2D eigenvalue weighted by atomic mass is 79.9. The van der Waals surface area contributed by atoms with Crippen molar-refractivity contribution in [2.75, 3.05) is 0 Å². The first-order valence-corrected chi connectivity index (χ1v) is 7.23. The molecule has 0 N–H and O–H groups in total. The van der Waals surface area contributed by atoms with Gasteiger partial charge < -0.3 is 0 Å². The molecule has 20 heavy (non-hydrogen) atoms. The van der Waals surface area contributed by atoms with Crippen molar-refractivity contribution in [1.29, 1.82) is 0 Å². The smallest absolute Gasteiger partial charge is 0.0718 e. The molecule has 0 fully saturated rings. The van der Waals surface area contributed by atoms with Gasteiger partial charge in [0.1, 0.15) is 0 Å². The molecule has 0 spiro atoms. The molecule has 98 valence electrons. The van der Waals surface area contributed by atoms with Gasteiger partial charge in [-0.1, -0.05) is 23.7 Å². The van der Waals surface area contributed by atoms with Crippen molar-refractivity contribution in [2.45, 2.75) is 0 Å². The van der Waals surface area contributed by atoms with Gasteiger partial charge in [0.05, 0.1) is 11.4 Å². The van der Waals surface area contributed by atoms with Crippen molar-refractivity contribution in [3.8, 4) is 22.5 Å². The Bertz CT molecular complexity index is 642. The molecule has 0 saturated carbocycles. The molecule has 0 atom stereocenters. The maximum absolute atomic E-state index is 5.88. The number of pyridine rings is 2. The third-order valence-electron chi connectivity index (χ3n) is 2.93. The first-order chi connectivity index (χ1) is 9.72. The minimum absolute atomic E-state index is 0.726. The van der Waals surface area contributed by atoms with E-state index < -0.39 is 0 Å². The Kier molecular flexibility index (Phi) is 3.81. The Labute approximate surface area is 130 Å². The molecule has 4 heteroatoms. The van der Waals surface area contributed by atoms with Crippen LogP contribution in [0.3, 0.4) is 0 Å². The van der Waals surface area contributed by atoms with E-state index in [4.69, 9.17) is 11.6 Å². The predicted molar refractivity (Wildman–Crippen MR) is 85.6 cm³/mol. The van der Waals surface area contributed by atoms with E-state index in [1.165, 1.54) is 0 Å². The lowest BCUT2D eigenvalue weighted by Crippen LogP contribution is -1.87. The number of rotatable bonds is 2. The van der Waals surface area contributed by atoms with Crippen molar-refractivity contribution in [2.24, 2.45) is 0 Å². The molecule has 2 aromatic heterocycles. The first-order valence-electron chi connectivity index (χ1n) is 6.06. The second kappa shape index (κ2) is 5.73. The summed E-state index contributed by atoms with van der Waals surface area (Å²) in [5, 5.41) is 0.726. The summed E-state index contributed by atoms with van der Waals surface area (Å²) in [5.41, 5.74) is 3.87. The minimum atomic E-state index is 0.726. The number of halogens is 2. The van der Waals surface area contributed by atoms with Crippen LogP contribution in [0.5, 0.6) is 0 Å². The average Bonchev–Trinajstić information content (AvgIpc) is 2.49. The van der Waals surface area contributed by atoms with Crippen LogP contribution in [0.1, 0.15) is 0 Å². The zero-order valence-electron chi connectivity index (χ0n) is 10.4. The van der Waals surface area contributed by atoms with E-state index in [9.17, 15) is 0 Å². The fourth-order valence-electron chi connectivity index (χ4n) is 1.88. The van der Waals surface area contributed by atoms with Gasteiger partial charge in [0.2, 0.25) is 0 Å². The topological polar surface area (TPSA) is 25.8 Å². The molecule has 0 aliphatic heterocycles. The van der Waals surface area contributed by atoms with Gasteiger partial charge in [-0.15, -0.1) is 0 Å². The number of benzene rings is 1. The molecular weight excluding hydrogens is 336 g/mol. The van der Waals surface area contributed by atoms with E-state index in [1.54, 1.807) is 6.20 Å². The molecule has 3 aromatic rings. The lowest BCUT2D eigenvalue weighted by Gasteiger charge is -2.04. The lowest BCUT2D eigenvalue weighted by atomic mass is 10.1. The number of hydrogen-bond donors (Lipinski definition) is 0. The Morgan fingerprint density at radius 2 is 1.30 bits per heavy atom. The molecular formula is C16H10BrClN2. The normalized spacial score (nSPS) is 10.5. The quantitative estimate of drug-likeness (QED) is 0.636. The maximum Gasteiger partial charge on any atom is 0.0718 e. The fourth-order valence-corrected chi connectivity index (χ4v) is 2.24. The van der Waals surface area contributed by atoms with Gasteiger partial charge in [-0.05, 0) is 52.3 Å². The summed E-state index contributed by atoms with van der Waals surface area (Å²) in [4.78, 5) is 8.84. The number of aromatic nitrogens is 2. The van der Waals surface area contributed by atoms with Crippen LogP contribution in [-0.4, -0.2) is 9.97 Å². The lowest BCUT2D eigenvalue weighted by molar-refractivity contribution is 1.27. The highest BCUT2D eigenvalue weighted by Crippen LogP contribution is 2.23. The summed E-state index contributed by atoms with van der Waals surface area (Å²) in [6.07, 6.45) is 3.61. The van der Waals surface area contributed by atoms with Crippen LogP contribution in [0.15, 0.2) is 65.4 Å². The van der Waals surface area contributed by atoms with Crippen LogP contribution < -0.4 is 0 Å². The minimum Gasteiger partial charge on any atom is -0.256 e. The summed E-state index contributed by atoms with van der Waals surface area (Å²) in [5.74, 6) is 0. The van der Waals surface area contributed by atoms with E-state index in [0.29, 0.717) is 0 Å². The van der Waals surface area contributed by atoms with Crippen molar-refractivity contribution in [1.82, 2.24) is 9.97 Å². The van der Waals surface area contributed by atoms with Crippen molar-refractivity contribution < 1.29 is 0 Å². The standard InChI is InChI=1S/C16H10BrClN2/c17-13-4-8-16(20-10-13)12-3-7-15(19-9-12)11-1-5-14(18)6-2-11/h1-10H. The molecule has 0 radical (unpaired) electrons. The first kappa shape index (κ1) is 13.3. The van der Waals surface area contributed by atoms with Crippen molar-refractivity contribution in [3.63, 3.8) is 0 Å². The highest BCUT2D eigenvalue weighted by Gasteiger charge is 2.02. The summed E-state index contributed by atoms with van der Waals surface area (Å²) in [6, 6.07) is 15.6. The van der Waals surface area contributed by atoms with Crippen LogP contribution in [0, 0.1) is 0 Å². The molecule has 2 nitrogen and oxygen atoms in total. The molecule has 0 aliphatic rings. The largest absolute Gasteiger partial charge is 0.256 e. The van der Waals surface area contributed by atoms with Crippen LogP contribution >= 0.6 is 27.5 Å². The Hall–Kier alpha value is -1.71. The van der Waals surface area contributed by atoms with E-state index in [-0.39, 0.29) is 0 Å². The molecule has 3 rings (SSSR count). The van der Waals surface area contributed by atoms with Crippen LogP contribution in [0.4, 0.5) is 0 Å². The van der Waals surface area contributed by atoms with Gasteiger partial charge in [-0.2, -0.15) is 0 Å². The Balaban J connectivity index is 1.91. The summed E-state index contributed by atoms with van der Waals surface area (Å²) in [6.45, 7) is 0. The van der Waals surface area contributed by atoms with E-state index in [2.05, 4.69) is 25.9 Å². The maximum atomic E-state index is 5.88. The molecule has 0 unspecified atom stereocenters. The van der Waals surface area contributed by atoms with E-state index in [0.717, 1.165) is 32.0 Å². The van der Waals surface area contributed by atoms with Gasteiger partial charge in [0.15, 0.2) is 0 Å². The molecule has 0 saturated heterocycles. The molecule has 2 heterocycles. The zero-order valence-corrected chi connectivity index (χ0v) is 12.8. The van der Waals surface area contributed by atoms with Gasteiger partial charge >= 0.3 is 0 Å². The average molecular weight is 346 g/mol. The van der Waals surface area contributed by atoms with Gasteiger partial charge in [-0.25, -0.2) is 0 Å². The second-order valence-corrected chi connectivity index (χ2v) is 5.65. The van der Waals surface area contributed by atoms with Crippen molar-refractivity contribution >= 4 is 27.5 Å². The van der Waals surface area contributed by atoms with Gasteiger partial charge in [0, 0.05) is 33.0 Å². The molecule has 0 bridgehead atoms. The number of nitrogens with zero attached hydrogens (tertiary/aromatic N) is 2. The predicted octanol–water partition coefficient (Wildman–Crippen LogP) is 5.23. The third-order valence-corrected chi connectivity index (χ3v) is 3.65. The van der Waals surface area contributed by atoms with Crippen LogP contribution in [0.2, 0.25) is 5.02 Å². The van der Waals surface area contributed by atoms with Gasteiger partial charge in [0.25, 0.3) is 0 Å². The van der Waals surface area contributed by atoms with Crippen LogP contribution in [-0.2, 0) is 0 Å². The monoisotopic (exact) mass is 344 g/mol. The highest BCUT2D eigenvalue weighted by molar-refractivity contribution is 9.10. The molecule has 0 amide bonds. The van der Waals surface area contributed by atoms with E-state index in [1.807, 2.05) is 54.7 Å². The SMILES string of the molecule is Clc1ccc(-c2ccc(-c3ccc(Br)cn3)cn2)cc1. The van der Waals surface area contributed by atoms with Gasteiger partial charge in [-0.3, -0.25) is 9.97 Å². The molecule has 0 aliphatic carbocycles. The van der Waals surface area contributed by atoms with Crippen LogP contribution in [0.25, 0.3) is 22.5 Å². The Morgan fingerprint density at radius 1 is 0.700 bits per heavy atom. The Morgan fingerprint density at radius 3 is 1.90 bits per heavy atom. The third kappa shape index (κ3) is 2.89. The second-order valence-electron chi connectivity index (χ2n) is 4.30. The summed E-state index contributed by atoms with van der Waals surface area (Å²) < 4.78 is 0.965. The summed E-state index contributed by atoms with van der Waals surface area (Å²) in [7, 11) is 0. The molecule has 1 aromatic carbocycles. The zero-order chi connectivity index (χ0) is 13.9. The van der Waals surface area contributed by atoms with E-state index >= 15 is 0 Å².